The molecular formula is C24H26N8O3S. The monoisotopic (exact) mass is 506 g/mol. The first-order chi connectivity index (χ1) is 17.4. The minimum atomic E-state index is -0.489. The Morgan fingerprint density at radius 1 is 1.14 bits per heavy atom. The molecule has 0 aliphatic carbocycles. The van der Waals surface area contributed by atoms with Gasteiger partial charge in [-0.1, -0.05) is 24.3 Å². The van der Waals surface area contributed by atoms with Crippen LogP contribution < -0.4 is 16.1 Å². The lowest BCUT2D eigenvalue weighted by atomic mass is 10.2. The standard InChI is InChI=1S/C24H26N8O3S/c1-4-16-6-7-17-18(12-16)36-23(27-17)32(10-5-9-30-11-8-25-14-30)19(33)13-31-15-26-21-20(31)22(34)29(3)24(35)28(21)2/h6-8,11-12,14-15H,4-5,9-10,13H2,1-3H3. The number of rotatable bonds is 8. The SMILES string of the molecule is CCc1ccc2nc(N(CCCn3ccnc3)C(=O)Cn3cnc4c3c(=O)n(C)c(=O)n4C)sc2c1. The zero-order valence-corrected chi connectivity index (χ0v) is 21.1. The Kier molecular flexibility index (Phi) is 6.27. The van der Waals surface area contributed by atoms with E-state index in [4.69, 9.17) is 4.98 Å². The molecule has 1 amide bonds. The van der Waals surface area contributed by atoms with Gasteiger partial charge in [0.05, 0.1) is 22.9 Å². The second-order valence-corrected chi connectivity index (χ2v) is 9.61. The molecule has 0 aliphatic heterocycles. The molecule has 11 nitrogen and oxygen atoms in total. The number of fused-ring (bicyclic) bond motifs is 2. The predicted molar refractivity (Wildman–Crippen MR) is 138 cm³/mol. The Morgan fingerprint density at radius 3 is 2.72 bits per heavy atom. The molecule has 0 aliphatic rings. The van der Waals surface area contributed by atoms with Crippen molar-refractivity contribution >= 4 is 43.8 Å². The number of nitrogens with zero attached hydrogens (tertiary/aromatic N) is 8. The summed E-state index contributed by atoms with van der Waals surface area (Å²) < 4.78 is 6.81. The highest BCUT2D eigenvalue weighted by molar-refractivity contribution is 7.22. The van der Waals surface area contributed by atoms with Gasteiger partial charge in [-0.2, -0.15) is 0 Å². The smallest absolute Gasteiger partial charge is 0.332 e. The van der Waals surface area contributed by atoms with Crippen LogP contribution in [-0.2, 0) is 38.4 Å². The molecule has 36 heavy (non-hydrogen) atoms. The van der Waals surface area contributed by atoms with Gasteiger partial charge in [-0.3, -0.25) is 23.6 Å². The molecule has 4 aromatic heterocycles. The van der Waals surface area contributed by atoms with E-state index in [1.807, 2.05) is 16.8 Å². The van der Waals surface area contributed by atoms with Crippen LogP contribution in [0.3, 0.4) is 0 Å². The number of anilines is 1. The highest BCUT2D eigenvalue weighted by Crippen LogP contribution is 2.30. The number of aromatic nitrogens is 7. The van der Waals surface area contributed by atoms with Crippen molar-refractivity contribution in [2.45, 2.75) is 32.9 Å². The quantitative estimate of drug-likeness (QED) is 0.318. The van der Waals surface area contributed by atoms with E-state index in [0.717, 1.165) is 21.2 Å². The number of hydrogen-bond acceptors (Lipinski definition) is 7. The van der Waals surface area contributed by atoms with Crippen molar-refractivity contribution in [2.75, 3.05) is 11.4 Å². The summed E-state index contributed by atoms with van der Waals surface area (Å²) in [7, 11) is 2.97. The van der Waals surface area contributed by atoms with E-state index in [1.54, 1.807) is 24.5 Å². The number of thiazole rings is 1. The fourth-order valence-electron chi connectivity index (χ4n) is 4.20. The lowest BCUT2D eigenvalue weighted by molar-refractivity contribution is -0.119. The van der Waals surface area contributed by atoms with Gasteiger partial charge < -0.3 is 9.13 Å². The number of carbonyl (C=O) groups excluding carboxylic acids is 1. The van der Waals surface area contributed by atoms with Crippen LogP contribution in [0, 0.1) is 0 Å². The van der Waals surface area contributed by atoms with Crippen LogP contribution in [0.1, 0.15) is 18.9 Å². The van der Waals surface area contributed by atoms with Gasteiger partial charge in [-0.25, -0.2) is 19.7 Å². The van der Waals surface area contributed by atoms with Gasteiger partial charge in [-0.15, -0.1) is 0 Å². The van der Waals surface area contributed by atoms with Crippen molar-refractivity contribution in [1.29, 1.82) is 0 Å². The molecule has 0 bridgehead atoms. The zero-order chi connectivity index (χ0) is 25.4. The van der Waals surface area contributed by atoms with Crippen molar-refractivity contribution in [3.05, 3.63) is 69.6 Å². The Morgan fingerprint density at radius 2 is 1.97 bits per heavy atom. The van der Waals surface area contributed by atoms with Crippen LogP contribution in [0.25, 0.3) is 21.4 Å². The Balaban J connectivity index is 1.48. The Hall–Kier alpha value is -4.06. The number of benzene rings is 1. The average Bonchev–Trinajstić information content (AvgIpc) is 3.63. The maximum atomic E-state index is 13.6. The van der Waals surface area contributed by atoms with Crippen LogP contribution in [0.2, 0.25) is 0 Å². The summed E-state index contributed by atoms with van der Waals surface area (Å²) in [6.45, 7) is 3.14. The maximum absolute atomic E-state index is 13.6. The molecule has 0 spiro atoms. The van der Waals surface area contributed by atoms with Crippen molar-refractivity contribution in [3.8, 4) is 0 Å². The fraction of sp³-hybridized carbons (Fsp3) is 0.333. The minimum absolute atomic E-state index is 0.106. The third-order valence-electron chi connectivity index (χ3n) is 6.26. The number of imidazole rings is 2. The molecule has 4 heterocycles. The van der Waals surface area contributed by atoms with Gasteiger partial charge in [0.1, 0.15) is 6.54 Å². The second kappa shape index (κ2) is 9.53. The fourth-order valence-corrected chi connectivity index (χ4v) is 5.27. The molecule has 0 fully saturated rings. The van der Waals surface area contributed by atoms with E-state index in [9.17, 15) is 14.4 Å². The molecule has 0 saturated carbocycles. The van der Waals surface area contributed by atoms with E-state index in [2.05, 4.69) is 29.0 Å². The summed E-state index contributed by atoms with van der Waals surface area (Å²) in [6, 6.07) is 6.14. The molecule has 186 valence electrons. The molecule has 1 aromatic carbocycles. The van der Waals surface area contributed by atoms with Gasteiger partial charge in [0, 0.05) is 39.6 Å². The molecule has 0 N–H and O–H groups in total. The zero-order valence-electron chi connectivity index (χ0n) is 20.3. The van der Waals surface area contributed by atoms with Crippen molar-refractivity contribution in [2.24, 2.45) is 14.1 Å². The maximum Gasteiger partial charge on any atom is 0.332 e. The third kappa shape index (κ3) is 4.24. The van der Waals surface area contributed by atoms with E-state index in [0.29, 0.717) is 24.6 Å². The van der Waals surface area contributed by atoms with Crippen LogP contribution in [0.5, 0.6) is 0 Å². The Labute approximate surface area is 209 Å². The largest absolute Gasteiger partial charge is 0.337 e. The van der Waals surface area contributed by atoms with Gasteiger partial charge >= 0.3 is 5.69 Å². The molecule has 0 unspecified atom stereocenters. The van der Waals surface area contributed by atoms with Gasteiger partial charge in [0.15, 0.2) is 16.3 Å². The highest BCUT2D eigenvalue weighted by Gasteiger charge is 2.22. The van der Waals surface area contributed by atoms with Crippen LogP contribution in [0.4, 0.5) is 5.13 Å². The molecule has 12 heteroatoms. The third-order valence-corrected chi connectivity index (χ3v) is 7.30. The summed E-state index contributed by atoms with van der Waals surface area (Å²) in [6.07, 6.45) is 8.39. The summed E-state index contributed by atoms with van der Waals surface area (Å²) >= 11 is 1.48. The number of aryl methyl sites for hydroxylation is 3. The van der Waals surface area contributed by atoms with E-state index in [-0.39, 0.29) is 23.6 Å². The van der Waals surface area contributed by atoms with E-state index < -0.39 is 11.2 Å². The molecule has 5 aromatic rings. The highest BCUT2D eigenvalue weighted by atomic mass is 32.1. The minimum Gasteiger partial charge on any atom is -0.337 e. The normalized spacial score (nSPS) is 11.5. The summed E-state index contributed by atoms with van der Waals surface area (Å²) in [4.78, 5) is 53.5. The van der Waals surface area contributed by atoms with Gasteiger partial charge in [0.2, 0.25) is 5.91 Å². The van der Waals surface area contributed by atoms with Gasteiger partial charge in [-0.05, 0) is 30.5 Å². The first kappa shape index (κ1) is 23.7. The summed E-state index contributed by atoms with van der Waals surface area (Å²) in [5.74, 6) is -0.217. The first-order valence-corrected chi connectivity index (χ1v) is 12.5. The molecule has 0 radical (unpaired) electrons. The van der Waals surface area contributed by atoms with Crippen LogP contribution in [0.15, 0.2) is 52.8 Å². The van der Waals surface area contributed by atoms with Crippen LogP contribution >= 0.6 is 11.3 Å². The molecule has 5 rings (SSSR count). The van der Waals surface area contributed by atoms with Crippen molar-refractivity contribution < 1.29 is 4.79 Å². The van der Waals surface area contributed by atoms with Gasteiger partial charge in [0.25, 0.3) is 5.56 Å². The summed E-state index contributed by atoms with van der Waals surface area (Å²) in [5.41, 5.74) is 1.56. The molecule has 0 atom stereocenters. The lowest BCUT2D eigenvalue weighted by Gasteiger charge is -2.20. The summed E-state index contributed by atoms with van der Waals surface area (Å²) in [5, 5.41) is 0.610. The Bertz CT molecular complexity index is 1680. The lowest BCUT2D eigenvalue weighted by Crippen LogP contribution is -2.39. The van der Waals surface area contributed by atoms with Crippen molar-refractivity contribution in [1.82, 2.24) is 33.2 Å². The first-order valence-electron chi connectivity index (χ1n) is 11.6. The second-order valence-electron chi connectivity index (χ2n) is 8.60. The van der Waals surface area contributed by atoms with E-state index in [1.165, 1.54) is 39.4 Å². The van der Waals surface area contributed by atoms with Crippen LogP contribution in [-0.4, -0.2) is 45.7 Å². The van der Waals surface area contributed by atoms with E-state index >= 15 is 0 Å². The van der Waals surface area contributed by atoms with Crippen molar-refractivity contribution in [3.63, 3.8) is 0 Å². The molecule has 0 saturated heterocycles. The number of amides is 1. The average molecular weight is 507 g/mol. The predicted octanol–water partition coefficient (Wildman–Crippen LogP) is 1.93. The number of hydrogen-bond donors (Lipinski definition) is 0. The number of carbonyl (C=O) groups is 1. The molecular weight excluding hydrogens is 480 g/mol. The topological polar surface area (TPSA) is 113 Å².